The molecule has 0 aliphatic heterocycles. The molecule has 0 spiro atoms. The first-order valence-corrected chi connectivity index (χ1v) is 9.16. The van der Waals surface area contributed by atoms with Crippen LogP contribution in [0, 0.1) is 0 Å². The average molecular weight is 395 g/mol. The summed E-state index contributed by atoms with van der Waals surface area (Å²) >= 11 is 2.35. The van der Waals surface area contributed by atoms with Crippen LogP contribution in [0.3, 0.4) is 0 Å². The molecule has 0 saturated carbocycles. The van der Waals surface area contributed by atoms with Gasteiger partial charge in [0.05, 0.1) is 4.90 Å². The summed E-state index contributed by atoms with van der Waals surface area (Å²) in [5.41, 5.74) is -0.164. The maximum Gasteiger partial charge on any atom is 0.124 e. The molecule has 0 fully saturated rings. The molecule has 1 rings (SSSR count). The second-order valence-corrected chi connectivity index (χ2v) is 7.31. The lowest BCUT2D eigenvalue weighted by Gasteiger charge is -2.25. The van der Waals surface area contributed by atoms with Crippen molar-refractivity contribution in [2.45, 2.75) is 44.1 Å². The molecule has 1 N–H and O–H groups in total. The van der Waals surface area contributed by atoms with E-state index in [1.807, 2.05) is 24.3 Å². The zero-order valence-corrected chi connectivity index (χ0v) is 14.7. The van der Waals surface area contributed by atoms with Crippen LogP contribution in [-0.4, -0.2) is 20.8 Å². The summed E-state index contributed by atoms with van der Waals surface area (Å²) in [5.74, 6) is 0.825. The van der Waals surface area contributed by atoms with Crippen LogP contribution in [0.2, 0.25) is 0 Å². The number of benzene rings is 1. The average Bonchev–Trinajstić information content (AvgIpc) is 2.36. The Bertz CT molecular complexity index is 406. The number of nitrogens with one attached hydrogen (secondary N) is 1. The molecule has 5 heteroatoms. The third kappa shape index (κ3) is 6.23. The highest BCUT2D eigenvalue weighted by Gasteiger charge is 2.18. The lowest BCUT2D eigenvalue weighted by Crippen LogP contribution is -2.28. The van der Waals surface area contributed by atoms with Crippen LogP contribution in [0.4, 0.5) is 0 Å². The molecule has 0 saturated heterocycles. The molecule has 0 aromatic heterocycles. The van der Waals surface area contributed by atoms with Crippen LogP contribution in [0.15, 0.2) is 29.2 Å². The van der Waals surface area contributed by atoms with E-state index in [0.29, 0.717) is 0 Å². The van der Waals surface area contributed by atoms with Crippen molar-refractivity contribution in [2.75, 3.05) is 11.0 Å². The topological polar surface area (TPSA) is 38.3 Å². The molecule has 1 unspecified atom stereocenters. The Kier molecular flexibility index (Phi) is 7.31. The monoisotopic (exact) mass is 395 g/mol. The van der Waals surface area contributed by atoms with Gasteiger partial charge in [0, 0.05) is 11.0 Å². The number of alkyl halides is 1. The van der Waals surface area contributed by atoms with Crippen LogP contribution < -0.4 is 9.46 Å². The molecule has 1 atom stereocenters. The summed E-state index contributed by atoms with van der Waals surface area (Å²) in [5, 5.41) is 0. The molecule has 0 amide bonds. The SMILES string of the molecule is CCCNS(=O)c1ccc(OC(C)(C)CCI)cc1. The van der Waals surface area contributed by atoms with Gasteiger partial charge >= 0.3 is 0 Å². The van der Waals surface area contributed by atoms with Gasteiger partial charge in [-0.05, 0) is 51.0 Å². The number of halogens is 1. The molecule has 0 bridgehead atoms. The largest absolute Gasteiger partial charge is 0.488 e. The highest BCUT2D eigenvalue weighted by molar-refractivity contribution is 14.1. The molecule has 3 nitrogen and oxygen atoms in total. The second-order valence-electron chi connectivity index (χ2n) is 4.94. The van der Waals surface area contributed by atoms with Crippen molar-refractivity contribution in [2.24, 2.45) is 0 Å². The van der Waals surface area contributed by atoms with Crippen molar-refractivity contribution in [3.05, 3.63) is 24.3 Å². The van der Waals surface area contributed by atoms with E-state index in [2.05, 4.69) is 48.1 Å². The summed E-state index contributed by atoms with van der Waals surface area (Å²) in [7, 11) is -1.12. The standard InChI is InChI=1S/C14H22INO2S/c1-4-11-16-19(17)13-7-5-12(6-8-13)18-14(2,3)9-10-15/h5-8,16H,4,9-11H2,1-3H3. The Morgan fingerprint density at radius 1 is 1.32 bits per heavy atom. The molecule has 19 heavy (non-hydrogen) atoms. The van der Waals surface area contributed by atoms with Crippen molar-refractivity contribution in [3.63, 3.8) is 0 Å². The molecule has 1 aromatic rings. The van der Waals surface area contributed by atoms with E-state index in [4.69, 9.17) is 4.74 Å². The Morgan fingerprint density at radius 3 is 2.47 bits per heavy atom. The first-order valence-electron chi connectivity index (χ1n) is 6.49. The van der Waals surface area contributed by atoms with Gasteiger partial charge in [0.2, 0.25) is 0 Å². The highest BCUT2D eigenvalue weighted by atomic mass is 127. The minimum absolute atomic E-state index is 0.164. The summed E-state index contributed by atoms with van der Waals surface area (Å²) in [4.78, 5) is 0.785. The van der Waals surface area contributed by atoms with Gasteiger partial charge in [0.1, 0.15) is 22.3 Å². The molecule has 0 aliphatic rings. The van der Waals surface area contributed by atoms with Gasteiger partial charge in [-0.2, -0.15) is 0 Å². The third-order valence-electron chi connectivity index (χ3n) is 2.61. The fraction of sp³-hybridized carbons (Fsp3) is 0.571. The van der Waals surface area contributed by atoms with Crippen molar-refractivity contribution >= 4 is 33.6 Å². The lowest BCUT2D eigenvalue weighted by atomic mass is 10.1. The van der Waals surface area contributed by atoms with Crippen LogP contribution in [-0.2, 0) is 11.0 Å². The van der Waals surface area contributed by atoms with Crippen molar-refractivity contribution in [1.29, 1.82) is 0 Å². The van der Waals surface area contributed by atoms with Gasteiger partial charge in [-0.3, -0.25) is 0 Å². The minimum atomic E-state index is -1.12. The minimum Gasteiger partial charge on any atom is -0.488 e. The van der Waals surface area contributed by atoms with E-state index in [1.165, 1.54) is 0 Å². The Balaban J connectivity index is 2.63. The fourth-order valence-corrected chi connectivity index (χ4v) is 3.75. The third-order valence-corrected chi connectivity index (χ3v) is 4.32. The number of ether oxygens (including phenoxy) is 1. The van der Waals surface area contributed by atoms with E-state index < -0.39 is 11.0 Å². The maximum absolute atomic E-state index is 11.9. The van der Waals surface area contributed by atoms with Gasteiger partial charge in [-0.15, -0.1) is 0 Å². The highest BCUT2D eigenvalue weighted by Crippen LogP contribution is 2.22. The van der Waals surface area contributed by atoms with Crippen LogP contribution >= 0.6 is 22.6 Å². The van der Waals surface area contributed by atoms with Gasteiger partial charge in [-0.1, -0.05) is 29.5 Å². The zero-order valence-electron chi connectivity index (χ0n) is 11.7. The summed E-state index contributed by atoms with van der Waals surface area (Å²) < 4.78 is 21.8. The van der Waals surface area contributed by atoms with Crippen LogP contribution in [0.5, 0.6) is 5.75 Å². The van der Waals surface area contributed by atoms with Crippen molar-refractivity contribution in [3.8, 4) is 5.75 Å². The Labute approximate surface area is 132 Å². The first kappa shape index (κ1) is 16.9. The van der Waals surface area contributed by atoms with Gasteiger partial charge < -0.3 is 4.74 Å². The van der Waals surface area contributed by atoms with Gasteiger partial charge in [0.15, 0.2) is 0 Å². The second kappa shape index (κ2) is 8.21. The summed E-state index contributed by atoms with van der Waals surface area (Å²) in [6.07, 6.45) is 1.97. The van der Waals surface area contributed by atoms with E-state index in [9.17, 15) is 4.21 Å². The van der Waals surface area contributed by atoms with Crippen molar-refractivity contribution in [1.82, 2.24) is 4.72 Å². The van der Waals surface area contributed by atoms with E-state index in [1.54, 1.807) is 0 Å². The molecular formula is C14H22INO2S. The van der Waals surface area contributed by atoms with Crippen LogP contribution in [0.1, 0.15) is 33.6 Å². The Hall–Kier alpha value is -0.140. The molecular weight excluding hydrogens is 373 g/mol. The first-order chi connectivity index (χ1) is 8.98. The zero-order chi connectivity index (χ0) is 14.3. The maximum atomic E-state index is 11.9. The lowest BCUT2D eigenvalue weighted by molar-refractivity contribution is 0.107. The van der Waals surface area contributed by atoms with E-state index in [0.717, 1.165) is 34.5 Å². The quantitative estimate of drug-likeness (QED) is 0.539. The predicted molar refractivity (Wildman–Crippen MR) is 89.4 cm³/mol. The molecule has 1 aromatic carbocycles. The van der Waals surface area contributed by atoms with Crippen LogP contribution in [0.25, 0.3) is 0 Å². The molecule has 108 valence electrons. The number of hydrogen-bond donors (Lipinski definition) is 1. The van der Waals surface area contributed by atoms with E-state index >= 15 is 0 Å². The summed E-state index contributed by atoms with van der Waals surface area (Å²) in [6.45, 7) is 6.98. The Morgan fingerprint density at radius 2 is 1.95 bits per heavy atom. The number of rotatable bonds is 8. The predicted octanol–water partition coefficient (Wildman–Crippen LogP) is 3.69. The van der Waals surface area contributed by atoms with Crippen molar-refractivity contribution < 1.29 is 8.95 Å². The van der Waals surface area contributed by atoms with E-state index in [-0.39, 0.29) is 5.60 Å². The van der Waals surface area contributed by atoms with Gasteiger partial charge in [-0.25, -0.2) is 8.93 Å². The normalized spacial score (nSPS) is 13.3. The molecule has 0 radical (unpaired) electrons. The number of hydrogen-bond acceptors (Lipinski definition) is 2. The van der Waals surface area contributed by atoms with Gasteiger partial charge in [0.25, 0.3) is 0 Å². The molecule has 0 heterocycles. The smallest absolute Gasteiger partial charge is 0.124 e. The molecule has 0 aliphatic carbocycles. The fourth-order valence-electron chi connectivity index (χ4n) is 1.51. The summed E-state index contributed by atoms with van der Waals surface area (Å²) in [6, 6.07) is 7.48.